The van der Waals surface area contributed by atoms with Gasteiger partial charge >= 0.3 is 207 Å². The van der Waals surface area contributed by atoms with Crippen molar-refractivity contribution in [3.05, 3.63) is 30.3 Å². The summed E-state index contributed by atoms with van der Waals surface area (Å²) >= 11 is 0. The van der Waals surface area contributed by atoms with Crippen molar-refractivity contribution >= 4 is 9.05 Å². The van der Waals surface area contributed by atoms with Crippen molar-refractivity contribution in [3.8, 4) is 5.75 Å². The zero-order valence-corrected chi connectivity index (χ0v) is 28.4. The molecule has 60 valence electrons. The van der Waals surface area contributed by atoms with Gasteiger partial charge < -0.3 is 18.8 Å². The van der Waals surface area contributed by atoms with Crippen LogP contribution in [0.4, 0.5) is 0 Å². The third-order valence-corrected chi connectivity index (χ3v) is 1.47. The van der Waals surface area contributed by atoms with E-state index in [0.29, 0.717) is 0 Å². The molecular formula is C6H5Cs3O4Si. The molecule has 0 saturated carbocycles. The second-order valence-electron chi connectivity index (χ2n) is 1.92. The minimum absolute atomic E-state index is 0. The van der Waals surface area contributed by atoms with Gasteiger partial charge in [0, 0.05) is 0 Å². The number of hydrogen-bond acceptors (Lipinski definition) is 4. The fourth-order valence-corrected chi connectivity index (χ4v) is 1.06. The van der Waals surface area contributed by atoms with Gasteiger partial charge in [-0.15, -0.1) is 0 Å². The average Bonchev–Trinajstić information content (AvgIpc) is 1.85. The fraction of sp³-hybridized carbons (Fsp3) is 0. The number of para-hydroxylation sites is 1. The summed E-state index contributed by atoms with van der Waals surface area (Å²) in [7, 11) is -5.15. The Bertz CT molecular complexity index is 228. The molecule has 0 N–H and O–H groups in total. The number of hydrogen-bond donors (Lipinski definition) is 0. The molecular weight excluding hydrogens is 563 g/mol. The first-order valence-corrected chi connectivity index (χ1v) is 4.56. The summed E-state index contributed by atoms with van der Waals surface area (Å²) < 4.78 is 4.07. The SMILES string of the molecule is [Cs+].[Cs+].[Cs+].[O-][Si]([O-])([O-])Oc1ccccc1. The molecule has 0 amide bonds. The number of rotatable bonds is 2. The normalized spacial score (nSPS) is 8.79. The van der Waals surface area contributed by atoms with Crippen LogP contribution in [0, 0.1) is 0 Å². The van der Waals surface area contributed by atoms with E-state index < -0.39 is 9.05 Å². The van der Waals surface area contributed by atoms with Crippen LogP contribution in [0.25, 0.3) is 0 Å². The molecule has 0 aliphatic heterocycles. The second kappa shape index (κ2) is 13.3. The van der Waals surface area contributed by atoms with E-state index in [4.69, 9.17) is 0 Å². The minimum atomic E-state index is -5.15. The van der Waals surface area contributed by atoms with Gasteiger partial charge in [0.1, 0.15) is 0 Å². The van der Waals surface area contributed by atoms with Crippen molar-refractivity contribution in [2.45, 2.75) is 0 Å². The van der Waals surface area contributed by atoms with E-state index in [-0.39, 0.29) is 212 Å². The summed E-state index contributed by atoms with van der Waals surface area (Å²) in [6.45, 7) is 0. The van der Waals surface area contributed by atoms with Crippen LogP contribution in [0.15, 0.2) is 30.3 Å². The van der Waals surface area contributed by atoms with E-state index in [2.05, 4.69) is 4.43 Å². The molecule has 1 aromatic rings. The van der Waals surface area contributed by atoms with E-state index in [0.717, 1.165) is 0 Å². The molecule has 0 atom stereocenters. The second-order valence-corrected chi connectivity index (χ2v) is 3.12. The summed E-state index contributed by atoms with van der Waals surface area (Å²) in [6, 6.07) is 7.65. The molecule has 0 fully saturated rings. The van der Waals surface area contributed by atoms with Crippen LogP contribution >= 0.6 is 0 Å². The van der Waals surface area contributed by atoms with Gasteiger partial charge in [-0.05, 0) is 21.2 Å². The first-order valence-electron chi connectivity index (χ1n) is 2.93. The molecule has 0 heterocycles. The Kier molecular flexibility index (Phi) is 23.0. The van der Waals surface area contributed by atoms with E-state index in [1.165, 1.54) is 12.1 Å². The van der Waals surface area contributed by atoms with Gasteiger partial charge in [0.2, 0.25) is 0 Å². The molecule has 0 bridgehead atoms. The van der Waals surface area contributed by atoms with Gasteiger partial charge in [-0.2, -0.15) is 0 Å². The van der Waals surface area contributed by atoms with E-state index in [9.17, 15) is 14.4 Å². The van der Waals surface area contributed by atoms with Crippen LogP contribution < -0.4 is 225 Å². The Morgan fingerprint density at radius 2 is 1.29 bits per heavy atom. The molecule has 0 spiro atoms. The van der Waals surface area contributed by atoms with E-state index in [1.54, 1.807) is 18.2 Å². The Balaban J connectivity index is -0.000000403. The summed E-state index contributed by atoms with van der Waals surface area (Å²) in [6.07, 6.45) is 0. The van der Waals surface area contributed by atoms with Gasteiger partial charge in [0.15, 0.2) is 0 Å². The molecule has 4 nitrogen and oxygen atoms in total. The summed E-state index contributed by atoms with van der Waals surface area (Å²) in [4.78, 5) is 30.2. The summed E-state index contributed by atoms with van der Waals surface area (Å²) in [5.41, 5.74) is 0. The van der Waals surface area contributed by atoms with Crippen LogP contribution in [-0.2, 0) is 0 Å². The van der Waals surface area contributed by atoms with Crippen LogP contribution in [0.1, 0.15) is 0 Å². The Morgan fingerprint density at radius 3 is 1.64 bits per heavy atom. The maximum Gasteiger partial charge on any atom is 1.00 e. The quantitative estimate of drug-likeness (QED) is 0.333. The topological polar surface area (TPSA) is 78.4 Å². The zero-order chi connectivity index (χ0) is 8.32. The molecule has 1 rings (SSSR count). The molecule has 0 aliphatic carbocycles. The molecule has 1 aromatic carbocycles. The third-order valence-electron chi connectivity index (χ3n) is 0.986. The Morgan fingerprint density at radius 1 is 0.857 bits per heavy atom. The summed E-state index contributed by atoms with van der Waals surface area (Å²) in [5.74, 6) is 0.0548. The number of benzene rings is 1. The van der Waals surface area contributed by atoms with Crippen molar-refractivity contribution in [1.29, 1.82) is 0 Å². The fourth-order valence-electron chi connectivity index (χ4n) is 0.633. The third kappa shape index (κ3) is 13.7. The monoisotopic (exact) mass is 568 g/mol. The van der Waals surface area contributed by atoms with Crippen molar-refractivity contribution in [2.75, 3.05) is 0 Å². The van der Waals surface area contributed by atoms with Crippen LogP contribution in [0.5, 0.6) is 5.75 Å². The van der Waals surface area contributed by atoms with Crippen LogP contribution in [0.2, 0.25) is 0 Å². The molecule has 8 heteroatoms. The minimum Gasteiger partial charge on any atom is -0.851 e. The maximum atomic E-state index is 10.1. The van der Waals surface area contributed by atoms with Gasteiger partial charge in [0.05, 0.1) is 5.75 Å². The predicted molar refractivity (Wildman–Crippen MR) is 32.8 cm³/mol. The smallest absolute Gasteiger partial charge is 0.851 e. The molecule has 0 unspecified atom stereocenters. The van der Waals surface area contributed by atoms with E-state index in [1.807, 2.05) is 0 Å². The molecule has 0 saturated heterocycles. The van der Waals surface area contributed by atoms with Crippen LogP contribution in [0.3, 0.4) is 0 Å². The molecule has 0 radical (unpaired) electrons. The maximum absolute atomic E-state index is 10.1. The van der Waals surface area contributed by atoms with Gasteiger partial charge in [0.25, 0.3) is 0 Å². The van der Waals surface area contributed by atoms with Gasteiger partial charge in [-0.3, -0.25) is 0 Å². The summed E-state index contributed by atoms with van der Waals surface area (Å²) in [5, 5.41) is 0. The molecule has 0 aromatic heterocycles. The van der Waals surface area contributed by atoms with Crippen molar-refractivity contribution in [1.82, 2.24) is 0 Å². The standard InChI is InChI=1S/C6H5O4Si.3Cs/c7-11(8,9)10-6-4-2-1-3-5-6;;;/h1-5H;;;/q-3;3*+1. The first-order chi connectivity index (χ1) is 5.08. The predicted octanol–water partition coefficient (Wildman–Crippen LogP) is -11.4. The van der Waals surface area contributed by atoms with Crippen molar-refractivity contribution in [2.24, 2.45) is 0 Å². The van der Waals surface area contributed by atoms with Crippen molar-refractivity contribution in [3.63, 3.8) is 0 Å². The van der Waals surface area contributed by atoms with E-state index >= 15 is 0 Å². The Hall–Kier alpha value is 5.27. The zero-order valence-electron chi connectivity index (χ0n) is 8.52. The Labute approximate surface area is 261 Å². The first kappa shape index (κ1) is 24.3. The largest absolute Gasteiger partial charge is 1.00 e. The molecule has 0 aliphatic rings. The van der Waals surface area contributed by atoms with Gasteiger partial charge in [-0.25, -0.2) is 0 Å². The average molecular weight is 568 g/mol. The van der Waals surface area contributed by atoms with Gasteiger partial charge in [-0.1, -0.05) is 18.2 Å². The van der Waals surface area contributed by atoms with Crippen LogP contribution in [-0.4, -0.2) is 9.05 Å². The molecule has 14 heavy (non-hydrogen) atoms. The van der Waals surface area contributed by atoms with Crippen molar-refractivity contribution < 1.29 is 225 Å².